The van der Waals surface area contributed by atoms with Gasteiger partial charge < -0.3 is 0 Å². The van der Waals surface area contributed by atoms with Gasteiger partial charge in [0.2, 0.25) is 0 Å². The molecule has 0 spiro atoms. The van der Waals surface area contributed by atoms with Crippen molar-refractivity contribution >= 4 is 24.8 Å². The Labute approximate surface area is 68.4 Å². The molecule has 1 saturated carbocycles. The Bertz CT molecular complexity index is 66.0. The summed E-state index contributed by atoms with van der Waals surface area (Å²) in [6.45, 7) is 2.12. The zero-order valence-electron chi connectivity index (χ0n) is 5.46. The smallest absolute Gasteiger partial charge is 0.0210 e. The van der Waals surface area contributed by atoms with Crippen LogP contribution in [0.5, 0.6) is 0 Å². The quantitative estimate of drug-likeness (QED) is 0.484. The van der Waals surface area contributed by atoms with Crippen molar-refractivity contribution in [3.63, 3.8) is 0 Å². The first-order valence-corrected chi connectivity index (χ1v) is 2.80. The summed E-state index contributed by atoms with van der Waals surface area (Å²) in [7, 11) is 0. The van der Waals surface area contributed by atoms with Crippen molar-refractivity contribution in [1.82, 2.24) is 5.43 Å². The fourth-order valence-corrected chi connectivity index (χ4v) is 0.732. The molecule has 1 aliphatic rings. The van der Waals surface area contributed by atoms with Crippen molar-refractivity contribution in [1.29, 1.82) is 0 Å². The second-order valence-electron chi connectivity index (χ2n) is 2.29. The largest absolute Gasteiger partial charge is 0.271 e. The average molecular weight is 173 g/mol. The van der Waals surface area contributed by atoms with E-state index in [-0.39, 0.29) is 24.8 Å². The number of hydrogen-bond acceptors (Lipinski definition) is 2. The molecule has 0 bridgehead atoms. The van der Waals surface area contributed by atoms with E-state index in [1.807, 2.05) is 0 Å². The van der Waals surface area contributed by atoms with E-state index < -0.39 is 0 Å². The first kappa shape index (κ1) is 12.2. The first-order chi connectivity index (χ1) is 3.34. The van der Waals surface area contributed by atoms with Gasteiger partial charge in [-0.25, -0.2) is 0 Å². The molecular formula is C5H14Cl2N2. The van der Waals surface area contributed by atoms with E-state index in [0.717, 1.165) is 5.92 Å². The molecule has 0 aromatic carbocycles. The van der Waals surface area contributed by atoms with Crippen LogP contribution in [-0.2, 0) is 0 Å². The monoisotopic (exact) mass is 172 g/mol. The summed E-state index contributed by atoms with van der Waals surface area (Å²) >= 11 is 0. The van der Waals surface area contributed by atoms with Crippen molar-refractivity contribution in [2.75, 3.05) is 0 Å². The lowest BCUT2D eigenvalue weighted by Crippen LogP contribution is -2.33. The van der Waals surface area contributed by atoms with E-state index in [1.54, 1.807) is 0 Å². The van der Waals surface area contributed by atoms with Crippen molar-refractivity contribution in [2.45, 2.75) is 25.8 Å². The molecule has 9 heavy (non-hydrogen) atoms. The maximum atomic E-state index is 5.16. The van der Waals surface area contributed by atoms with Gasteiger partial charge in [-0.3, -0.25) is 11.3 Å². The van der Waals surface area contributed by atoms with E-state index >= 15 is 0 Å². The van der Waals surface area contributed by atoms with E-state index in [0.29, 0.717) is 6.04 Å². The summed E-state index contributed by atoms with van der Waals surface area (Å²) in [6, 6.07) is 0.542. The molecule has 1 atom stereocenters. The normalized spacial score (nSPS) is 19.3. The van der Waals surface area contributed by atoms with Gasteiger partial charge in [0.05, 0.1) is 0 Å². The Hall–Kier alpha value is 0.500. The second-order valence-corrected chi connectivity index (χ2v) is 2.29. The highest BCUT2D eigenvalue weighted by Gasteiger charge is 2.26. The topological polar surface area (TPSA) is 38.0 Å². The van der Waals surface area contributed by atoms with Crippen LogP contribution in [0.2, 0.25) is 0 Å². The number of halogens is 2. The van der Waals surface area contributed by atoms with E-state index in [1.165, 1.54) is 12.8 Å². The molecule has 0 heterocycles. The molecule has 0 radical (unpaired) electrons. The Kier molecular flexibility index (Phi) is 7.18. The van der Waals surface area contributed by atoms with Gasteiger partial charge >= 0.3 is 0 Å². The molecule has 1 rings (SSSR count). The van der Waals surface area contributed by atoms with E-state index in [2.05, 4.69) is 12.3 Å². The van der Waals surface area contributed by atoms with Crippen LogP contribution in [0.4, 0.5) is 0 Å². The Balaban J connectivity index is 0. The maximum Gasteiger partial charge on any atom is 0.0210 e. The van der Waals surface area contributed by atoms with Crippen LogP contribution in [0.15, 0.2) is 0 Å². The molecule has 4 heteroatoms. The number of hydrazine groups is 1. The summed E-state index contributed by atoms with van der Waals surface area (Å²) in [5.74, 6) is 6.04. The third-order valence-electron chi connectivity index (χ3n) is 1.59. The third-order valence-corrected chi connectivity index (χ3v) is 1.59. The van der Waals surface area contributed by atoms with Crippen LogP contribution >= 0.6 is 24.8 Å². The Morgan fingerprint density at radius 1 is 1.44 bits per heavy atom. The molecule has 0 aromatic rings. The predicted octanol–water partition coefficient (Wildman–Crippen LogP) is 1.09. The lowest BCUT2D eigenvalue weighted by Gasteiger charge is -2.04. The molecule has 3 N–H and O–H groups in total. The second kappa shape index (κ2) is 5.30. The number of nitrogens with two attached hydrogens (primary N) is 1. The molecule has 2 nitrogen and oxygen atoms in total. The number of nitrogens with one attached hydrogen (secondary N) is 1. The highest BCUT2D eigenvalue weighted by Crippen LogP contribution is 2.31. The molecule has 1 fully saturated rings. The van der Waals surface area contributed by atoms with E-state index in [4.69, 9.17) is 5.84 Å². The number of hydrogen-bond donors (Lipinski definition) is 2. The van der Waals surface area contributed by atoms with Gasteiger partial charge in [-0.05, 0) is 25.7 Å². The van der Waals surface area contributed by atoms with Gasteiger partial charge in [-0.1, -0.05) is 0 Å². The van der Waals surface area contributed by atoms with E-state index in [9.17, 15) is 0 Å². The lowest BCUT2D eigenvalue weighted by molar-refractivity contribution is 0.513. The molecule has 0 aliphatic heterocycles. The van der Waals surface area contributed by atoms with Crippen molar-refractivity contribution < 1.29 is 0 Å². The fourth-order valence-electron chi connectivity index (χ4n) is 0.732. The minimum absolute atomic E-state index is 0. The van der Waals surface area contributed by atoms with Gasteiger partial charge in [-0.2, -0.15) is 0 Å². The van der Waals surface area contributed by atoms with Crippen molar-refractivity contribution in [3.8, 4) is 0 Å². The molecule has 1 aliphatic carbocycles. The van der Waals surface area contributed by atoms with Crippen LogP contribution in [0.25, 0.3) is 0 Å². The van der Waals surface area contributed by atoms with Crippen LogP contribution in [0, 0.1) is 5.92 Å². The predicted molar refractivity (Wildman–Crippen MR) is 44.0 cm³/mol. The van der Waals surface area contributed by atoms with Gasteiger partial charge in [0.25, 0.3) is 0 Å². The van der Waals surface area contributed by atoms with Crippen LogP contribution in [0.3, 0.4) is 0 Å². The van der Waals surface area contributed by atoms with Gasteiger partial charge in [0.1, 0.15) is 0 Å². The fraction of sp³-hybridized carbons (Fsp3) is 1.00. The molecule has 1 unspecified atom stereocenters. The zero-order valence-corrected chi connectivity index (χ0v) is 7.10. The standard InChI is InChI=1S/C5H12N2.2ClH/c1-4(7-6)5-2-3-5;;/h4-5,7H,2-3,6H2,1H3;2*1H. The third kappa shape index (κ3) is 3.98. The molecule has 0 amide bonds. The van der Waals surface area contributed by atoms with Crippen molar-refractivity contribution in [2.24, 2.45) is 11.8 Å². The zero-order chi connectivity index (χ0) is 5.28. The summed E-state index contributed by atoms with van der Waals surface area (Å²) in [6.07, 6.45) is 2.73. The minimum atomic E-state index is 0. The average Bonchev–Trinajstić information content (AvgIpc) is 2.44. The Morgan fingerprint density at radius 2 is 1.89 bits per heavy atom. The van der Waals surface area contributed by atoms with Crippen LogP contribution < -0.4 is 11.3 Å². The summed E-state index contributed by atoms with van der Waals surface area (Å²) in [4.78, 5) is 0. The molecule has 0 saturated heterocycles. The van der Waals surface area contributed by atoms with Crippen LogP contribution in [-0.4, -0.2) is 6.04 Å². The molecule has 58 valence electrons. The lowest BCUT2D eigenvalue weighted by atomic mass is 10.2. The molecular weight excluding hydrogens is 159 g/mol. The minimum Gasteiger partial charge on any atom is -0.271 e. The van der Waals surface area contributed by atoms with Gasteiger partial charge in [0, 0.05) is 6.04 Å². The first-order valence-electron chi connectivity index (χ1n) is 2.80. The summed E-state index contributed by atoms with van der Waals surface area (Å²) in [5, 5.41) is 0. The van der Waals surface area contributed by atoms with Gasteiger partial charge in [-0.15, -0.1) is 24.8 Å². The Morgan fingerprint density at radius 3 is 2.00 bits per heavy atom. The van der Waals surface area contributed by atoms with Gasteiger partial charge in [0.15, 0.2) is 0 Å². The highest BCUT2D eigenvalue weighted by atomic mass is 35.5. The van der Waals surface area contributed by atoms with Crippen LogP contribution in [0.1, 0.15) is 19.8 Å². The summed E-state index contributed by atoms with van der Waals surface area (Å²) in [5.41, 5.74) is 2.73. The summed E-state index contributed by atoms with van der Waals surface area (Å²) < 4.78 is 0. The maximum absolute atomic E-state index is 5.16. The number of rotatable bonds is 2. The highest BCUT2D eigenvalue weighted by molar-refractivity contribution is 5.85. The SMILES string of the molecule is CC(NN)C1CC1.Cl.Cl. The molecule has 0 aromatic heterocycles. The van der Waals surface area contributed by atoms with Crippen molar-refractivity contribution in [3.05, 3.63) is 0 Å².